The van der Waals surface area contributed by atoms with E-state index in [1.165, 1.54) is 0 Å². The Morgan fingerprint density at radius 3 is 2.50 bits per heavy atom. The molecule has 0 aliphatic rings. The Hall–Kier alpha value is -1.36. The molecule has 5 nitrogen and oxygen atoms in total. The second-order valence-electron chi connectivity index (χ2n) is 4.14. The summed E-state index contributed by atoms with van der Waals surface area (Å²) in [6, 6.07) is 0.282. The Kier molecular flexibility index (Phi) is 6.43. The zero-order chi connectivity index (χ0) is 13.4. The molecule has 0 spiro atoms. The zero-order valence-corrected chi connectivity index (χ0v) is 11.8. The quantitative estimate of drug-likeness (QED) is 0.743. The van der Waals surface area contributed by atoms with E-state index >= 15 is 0 Å². The van der Waals surface area contributed by atoms with Crippen molar-refractivity contribution in [3.63, 3.8) is 0 Å². The van der Waals surface area contributed by atoms with Crippen molar-refractivity contribution in [3.05, 3.63) is 11.9 Å². The molecule has 0 fully saturated rings. The number of aromatic nitrogens is 2. The lowest BCUT2D eigenvalue weighted by molar-refractivity contribution is 0.184. The van der Waals surface area contributed by atoms with Crippen LogP contribution in [0.3, 0.4) is 0 Å². The van der Waals surface area contributed by atoms with Gasteiger partial charge < -0.3 is 15.4 Å². The van der Waals surface area contributed by atoms with Crippen LogP contribution in [-0.2, 0) is 11.2 Å². The van der Waals surface area contributed by atoms with Crippen LogP contribution in [0, 0.1) is 0 Å². The smallest absolute Gasteiger partial charge is 0.135 e. The topological polar surface area (TPSA) is 59.1 Å². The molecule has 0 radical (unpaired) electrons. The number of anilines is 2. The minimum absolute atomic E-state index is 0.282. The Labute approximate surface area is 109 Å². The molecule has 1 heterocycles. The molecule has 5 heteroatoms. The first-order valence-corrected chi connectivity index (χ1v) is 6.59. The van der Waals surface area contributed by atoms with Crippen molar-refractivity contribution in [1.29, 1.82) is 0 Å². The van der Waals surface area contributed by atoms with Gasteiger partial charge in [0.25, 0.3) is 0 Å². The number of ether oxygens (including phenoxy) is 1. The van der Waals surface area contributed by atoms with Gasteiger partial charge in [0.1, 0.15) is 18.0 Å². The molecule has 1 rings (SSSR count). The second kappa shape index (κ2) is 7.87. The van der Waals surface area contributed by atoms with E-state index in [4.69, 9.17) is 4.74 Å². The molecule has 0 aliphatic carbocycles. The highest BCUT2D eigenvalue weighted by atomic mass is 16.5. The summed E-state index contributed by atoms with van der Waals surface area (Å²) < 4.78 is 5.20. The monoisotopic (exact) mass is 252 g/mol. The van der Waals surface area contributed by atoms with Crippen LogP contribution >= 0.6 is 0 Å². The molecule has 1 unspecified atom stereocenters. The van der Waals surface area contributed by atoms with Crippen molar-refractivity contribution in [3.8, 4) is 0 Å². The van der Waals surface area contributed by atoms with Crippen LogP contribution in [0.4, 0.5) is 11.6 Å². The van der Waals surface area contributed by atoms with E-state index in [1.807, 2.05) is 0 Å². The van der Waals surface area contributed by atoms with Crippen LogP contribution < -0.4 is 10.6 Å². The fraction of sp³-hybridized carbons (Fsp3) is 0.692. The molecular formula is C13H24N4O. The van der Waals surface area contributed by atoms with Crippen molar-refractivity contribution in [2.45, 2.75) is 39.7 Å². The van der Waals surface area contributed by atoms with Gasteiger partial charge in [0, 0.05) is 19.2 Å². The molecule has 0 aromatic carbocycles. The predicted molar refractivity (Wildman–Crippen MR) is 75.2 cm³/mol. The maximum Gasteiger partial charge on any atom is 0.135 e. The van der Waals surface area contributed by atoms with Gasteiger partial charge in [-0.1, -0.05) is 13.8 Å². The van der Waals surface area contributed by atoms with Crippen LogP contribution in [0.2, 0.25) is 0 Å². The third kappa shape index (κ3) is 3.84. The van der Waals surface area contributed by atoms with Gasteiger partial charge in [-0.25, -0.2) is 9.97 Å². The van der Waals surface area contributed by atoms with E-state index in [0.29, 0.717) is 6.61 Å². The lowest BCUT2D eigenvalue weighted by Gasteiger charge is -2.19. The summed E-state index contributed by atoms with van der Waals surface area (Å²) in [7, 11) is 1.72. The van der Waals surface area contributed by atoms with Gasteiger partial charge in [0.15, 0.2) is 0 Å². The fourth-order valence-electron chi connectivity index (χ4n) is 1.85. The molecule has 0 saturated heterocycles. The Bertz CT molecular complexity index is 357. The summed E-state index contributed by atoms with van der Waals surface area (Å²) in [6.07, 6.45) is 3.49. The lowest BCUT2D eigenvalue weighted by atomic mass is 10.2. The molecular weight excluding hydrogens is 228 g/mol. The van der Waals surface area contributed by atoms with Crippen LogP contribution in [0.5, 0.6) is 0 Å². The van der Waals surface area contributed by atoms with Crippen LogP contribution in [0.15, 0.2) is 6.33 Å². The van der Waals surface area contributed by atoms with Crippen molar-refractivity contribution >= 4 is 11.6 Å². The normalized spacial score (nSPS) is 12.2. The van der Waals surface area contributed by atoms with E-state index in [1.54, 1.807) is 13.4 Å². The van der Waals surface area contributed by atoms with E-state index < -0.39 is 0 Å². The SMILES string of the molecule is CCNc1ncnc(NC(CC)COC)c1CC. The summed E-state index contributed by atoms with van der Waals surface area (Å²) in [5, 5.41) is 6.70. The molecule has 2 N–H and O–H groups in total. The maximum atomic E-state index is 5.20. The average molecular weight is 252 g/mol. The van der Waals surface area contributed by atoms with Crippen molar-refractivity contribution < 1.29 is 4.74 Å². The minimum Gasteiger partial charge on any atom is -0.383 e. The molecule has 1 atom stereocenters. The average Bonchev–Trinajstić information content (AvgIpc) is 2.39. The summed E-state index contributed by atoms with van der Waals surface area (Å²) in [4.78, 5) is 8.63. The van der Waals surface area contributed by atoms with E-state index in [0.717, 1.165) is 36.6 Å². The van der Waals surface area contributed by atoms with Crippen molar-refractivity contribution in [2.24, 2.45) is 0 Å². The van der Waals surface area contributed by atoms with Gasteiger partial charge in [-0.2, -0.15) is 0 Å². The molecule has 1 aromatic heterocycles. The van der Waals surface area contributed by atoms with Crippen molar-refractivity contribution in [2.75, 3.05) is 30.9 Å². The Morgan fingerprint density at radius 1 is 1.22 bits per heavy atom. The Morgan fingerprint density at radius 2 is 1.94 bits per heavy atom. The Balaban J connectivity index is 2.89. The number of nitrogens with one attached hydrogen (secondary N) is 2. The van der Waals surface area contributed by atoms with E-state index in [2.05, 4.69) is 41.4 Å². The number of rotatable bonds is 8. The number of methoxy groups -OCH3 is 1. The summed E-state index contributed by atoms with van der Waals surface area (Å²) >= 11 is 0. The number of hydrogen-bond acceptors (Lipinski definition) is 5. The van der Waals surface area contributed by atoms with E-state index in [9.17, 15) is 0 Å². The summed E-state index contributed by atoms with van der Waals surface area (Å²) in [6.45, 7) is 7.85. The summed E-state index contributed by atoms with van der Waals surface area (Å²) in [5.41, 5.74) is 1.13. The maximum absolute atomic E-state index is 5.20. The highest BCUT2D eigenvalue weighted by Gasteiger charge is 2.12. The summed E-state index contributed by atoms with van der Waals surface area (Å²) in [5.74, 6) is 1.83. The fourth-order valence-corrected chi connectivity index (χ4v) is 1.85. The van der Waals surface area contributed by atoms with Gasteiger partial charge >= 0.3 is 0 Å². The number of nitrogens with zero attached hydrogens (tertiary/aromatic N) is 2. The first-order valence-electron chi connectivity index (χ1n) is 6.59. The first-order chi connectivity index (χ1) is 8.76. The largest absolute Gasteiger partial charge is 0.383 e. The molecule has 0 amide bonds. The third-order valence-corrected chi connectivity index (χ3v) is 2.84. The predicted octanol–water partition coefficient (Wildman–Crippen LogP) is 2.31. The van der Waals surface area contributed by atoms with Gasteiger partial charge in [0.2, 0.25) is 0 Å². The molecule has 0 aliphatic heterocycles. The highest BCUT2D eigenvalue weighted by molar-refractivity contribution is 5.57. The van der Waals surface area contributed by atoms with Crippen LogP contribution in [0.25, 0.3) is 0 Å². The third-order valence-electron chi connectivity index (χ3n) is 2.84. The molecule has 1 aromatic rings. The second-order valence-corrected chi connectivity index (χ2v) is 4.14. The van der Waals surface area contributed by atoms with Crippen LogP contribution in [-0.4, -0.2) is 36.3 Å². The van der Waals surface area contributed by atoms with Gasteiger partial charge in [0.05, 0.1) is 12.6 Å². The van der Waals surface area contributed by atoms with Gasteiger partial charge in [-0.3, -0.25) is 0 Å². The van der Waals surface area contributed by atoms with Gasteiger partial charge in [-0.05, 0) is 19.8 Å². The number of hydrogen-bond donors (Lipinski definition) is 2. The standard InChI is InChI=1S/C13H24N4O/c1-5-10(8-18-4)17-13-11(6-2)12(14-7-3)15-9-16-13/h9-10H,5-8H2,1-4H3,(H2,14,15,16,17). The zero-order valence-electron chi connectivity index (χ0n) is 11.8. The van der Waals surface area contributed by atoms with E-state index in [-0.39, 0.29) is 6.04 Å². The lowest BCUT2D eigenvalue weighted by Crippen LogP contribution is -2.25. The van der Waals surface area contributed by atoms with Crippen LogP contribution in [0.1, 0.15) is 32.8 Å². The first kappa shape index (κ1) is 14.7. The molecule has 0 bridgehead atoms. The molecule has 0 saturated carbocycles. The molecule has 18 heavy (non-hydrogen) atoms. The minimum atomic E-state index is 0.282. The highest BCUT2D eigenvalue weighted by Crippen LogP contribution is 2.21. The molecule has 102 valence electrons. The van der Waals surface area contributed by atoms with Gasteiger partial charge in [-0.15, -0.1) is 0 Å². The van der Waals surface area contributed by atoms with Crippen molar-refractivity contribution in [1.82, 2.24) is 9.97 Å².